The molecule has 0 amide bonds. The first-order valence-corrected chi connectivity index (χ1v) is 7.01. The molecule has 1 N–H and O–H groups in total. The third kappa shape index (κ3) is 2.74. The minimum atomic E-state index is -0.733. The number of hydrogen-bond donors (Lipinski definition) is 1. The van der Waals surface area contributed by atoms with Crippen LogP contribution in [0.15, 0.2) is 18.2 Å². The first-order chi connectivity index (χ1) is 8.77. The average molecular weight is 270 g/mol. The van der Waals surface area contributed by atoms with E-state index in [1.165, 1.54) is 0 Å². The van der Waals surface area contributed by atoms with Crippen molar-refractivity contribution < 1.29 is 19.3 Å². The molecular formula is C13H18O4S. The lowest BCUT2D eigenvalue weighted by Gasteiger charge is -2.28. The Bertz CT molecular complexity index is 368. The maximum Gasteiger partial charge on any atom is 0.128 e. The third-order valence-corrected chi connectivity index (χ3v) is 3.98. The molecule has 0 bridgehead atoms. The highest BCUT2D eigenvalue weighted by Gasteiger charge is 2.29. The van der Waals surface area contributed by atoms with Crippen LogP contribution in [0.1, 0.15) is 11.7 Å². The Morgan fingerprint density at radius 2 is 2.00 bits per heavy atom. The lowest BCUT2D eigenvalue weighted by Crippen LogP contribution is -2.30. The molecule has 0 aromatic heterocycles. The highest BCUT2D eigenvalue weighted by Crippen LogP contribution is 2.37. The molecule has 100 valence electrons. The molecule has 0 aliphatic carbocycles. The summed E-state index contributed by atoms with van der Waals surface area (Å²) >= 11 is 1.79. The zero-order valence-electron chi connectivity index (χ0n) is 10.6. The van der Waals surface area contributed by atoms with E-state index in [-0.39, 0.29) is 6.10 Å². The largest absolute Gasteiger partial charge is 0.496 e. The quantitative estimate of drug-likeness (QED) is 0.905. The van der Waals surface area contributed by atoms with Crippen LogP contribution < -0.4 is 9.47 Å². The van der Waals surface area contributed by atoms with E-state index in [0.717, 1.165) is 11.5 Å². The second-order valence-electron chi connectivity index (χ2n) is 4.01. The second-order valence-corrected chi connectivity index (χ2v) is 5.16. The van der Waals surface area contributed by atoms with Crippen LogP contribution >= 0.6 is 11.8 Å². The highest BCUT2D eigenvalue weighted by atomic mass is 32.2. The zero-order valence-corrected chi connectivity index (χ0v) is 11.4. The van der Waals surface area contributed by atoms with Gasteiger partial charge in [0.25, 0.3) is 0 Å². The van der Waals surface area contributed by atoms with Gasteiger partial charge in [0.15, 0.2) is 0 Å². The van der Waals surface area contributed by atoms with Gasteiger partial charge in [-0.15, -0.1) is 0 Å². The summed E-state index contributed by atoms with van der Waals surface area (Å²) in [6.07, 6.45) is -0.946. The lowest BCUT2D eigenvalue weighted by molar-refractivity contribution is -0.0245. The van der Waals surface area contributed by atoms with Gasteiger partial charge in [-0.1, -0.05) is 6.07 Å². The first-order valence-electron chi connectivity index (χ1n) is 5.86. The summed E-state index contributed by atoms with van der Waals surface area (Å²) in [5.41, 5.74) is 0.662. The minimum Gasteiger partial charge on any atom is -0.496 e. The summed E-state index contributed by atoms with van der Waals surface area (Å²) in [6.45, 7) is 0.670. The van der Waals surface area contributed by atoms with E-state index in [9.17, 15) is 5.11 Å². The van der Waals surface area contributed by atoms with Gasteiger partial charge in [-0.3, -0.25) is 0 Å². The monoisotopic (exact) mass is 270 g/mol. The molecule has 0 radical (unpaired) electrons. The molecule has 2 unspecified atom stereocenters. The first kappa shape index (κ1) is 13.5. The van der Waals surface area contributed by atoms with Crippen molar-refractivity contribution >= 4 is 11.8 Å². The number of ether oxygens (including phenoxy) is 3. The molecule has 0 spiro atoms. The van der Waals surface area contributed by atoms with E-state index in [0.29, 0.717) is 23.7 Å². The van der Waals surface area contributed by atoms with E-state index in [2.05, 4.69) is 0 Å². The van der Waals surface area contributed by atoms with E-state index >= 15 is 0 Å². The number of thioether (sulfide) groups is 1. The Kier molecular flexibility index (Phi) is 4.74. The Hall–Kier alpha value is -0.910. The zero-order chi connectivity index (χ0) is 13.0. The third-order valence-electron chi connectivity index (χ3n) is 2.96. The highest BCUT2D eigenvalue weighted by molar-refractivity contribution is 7.99. The van der Waals surface area contributed by atoms with Crippen molar-refractivity contribution in [3.63, 3.8) is 0 Å². The molecule has 1 aromatic rings. The molecule has 5 heteroatoms. The van der Waals surface area contributed by atoms with Crippen LogP contribution in [0.4, 0.5) is 0 Å². The van der Waals surface area contributed by atoms with Crippen LogP contribution in [-0.2, 0) is 4.74 Å². The SMILES string of the molecule is COc1cccc(OC)c1C(O)C1CSCCO1. The van der Waals surface area contributed by atoms with E-state index in [1.807, 2.05) is 18.2 Å². The second kappa shape index (κ2) is 6.31. The van der Waals surface area contributed by atoms with Crippen molar-refractivity contribution in [2.24, 2.45) is 0 Å². The molecule has 4 nitrogen and oxygen atoms in total. The smallest absolute Gasteiger partial charge is 0.128 e. The predicted octanol–water partition coefficient (Wildman–Crippen LogP) is 1.87. The topological polar surface area (TPSA) is 47.9 Å². The van der Waals surface area contributed by atoms with E-state index in [1.54, 1.807) is 26.0 Å². The molecule has 1 aromatic carbocycles. The average Bonchev–Trinajstić information content (AvgIpc) is 2.46. The summed E-state index contributed by atoms with van der Waals surface area (Å²) in [6, 6.07) is 5.47. The summed E-state index contributed by atoms with van der Waals surface area (Å²) in [4.78, 5) is 0. The minimum absolute atomic E-state index is 0.214. The molecule has 2 rings (SSSR count). The fraction of sp³-hybridized carbons (Fsp3) is 0.538. The van der Waals surface area contributed by atoms with Crippen LogP contribution in [-0.4, -0.2) is 43.5 Å². The Balaban J connectivity index is 2.29. The molecule has 2 atom stereocenters. The summed E-state index contributed by atoms with van der Waals surface area (Å²) in [5.74, 6) is 3.01. The molecule has 18 heavy (non-hydrogen) atoms. The van der Waals surface area contributed by atoms with Gasteiger partial charge in [0, 0.05) is 11.5 Å². The van der Waals surface area contributed by atoms with Gasteiger partial charge in [-0.25, -0.2) is 0 Å². The van der Waals surface area contributed by atoms with Gasteiger partial charge in [-0.05, 0) is 12.1 Å². The number of aliphatic hydroxyl groups excluding tert-OH is 1. The van der Waals surface area contributed by atoms with Gasteiger partial charge < -0.3 is 19.3 Å². The summed E-state index contributed by atoms with van der Waals surface area (Å²) < 4.78 is 16.2. The van der Waals surface area contributed by atoms with Crippen molar-refractivity contribution in [2.45, 2.75) is 12.2 Å². The van der Waals surface area contributed by atoms with Gasteiger partial charge in [0.1, 0.15) is 17.6 Å². The molecule has 1 saturated heterocycles. The van der Waals surface area contributed by atoms with E-state index in [4.69, 9.17) is 14.2 Å². The van der Waals surface area contributed by atoms with E-state index < -0.39 is 6.10 Å². The Morgan fingerprint density at radius 3 is 2.50 bits per heavy atom. The number of aliphatic hydroxyl groups is 1. The van der Waals surface area contributed by atoms with Gasteiger partial charge in [0.05, 0.1) is 32.5 Å². The summed E-state index contributed by atoms with van der Waals surface area (Å²) in [7, 11) is 3.17. The Morgan fingerprint density at radius 1 is 1.33 bits per heavy atom. The van der Waals surface area contributed by atoms with Gasteiger partial charge >= 0.3 is 0 Å². The van der Waals surface area contributed by atoms with Crippen molar-refractivity contribution in [2.75, 3.05) is 32.3 Å². The van der Waals surface area contributed by atoms with Crippen molar-refractivity contribution in [3.8, 4) is 11.5 Å². The van der Waals surface area contributed by atoms with Crippen molar-refractivity contribution in [1.29, 1.82) is 0 Å². The lowest BCUT2D eigenvalue weighted by atomic mass is 10.0. The predicted molar refractivity (Wildman–Crippen MR) is 71.6 cm³/mol. The molecular weight excluding hydrogens is 252 g/mol. The van der Waals surface area contributed by atoms with Crippen LogP contribution in [0.2, 0.25) is 0 Å². The molecule has 1 heterocycles. The maximum atomic E-state index is 10.5. The standard InChI is InChI=1S/C13H18O4S/c1-15-9-4-3-5-10(16-2)12(9)13(14)11-8-18-7-6-17-11/h3-5,11,13-14H,6-8H2,1-2H3. The van der Waals surface area contributed by atoms with Crippen LogP contribution in [0.25, 0.3) is 0 Å². The molecule has 1 fully saturated rings. The fourth-order valence-corrected chi connectivity index (χ4v) is 2.94. The van der Waals surface area contributed by atoms with Crippen molar-refractivity contribution in [3.05, 3.63) is 23.8 Å². The fourth-order valence-electron chi connectivity index (χ4n) is 2.05. The maximum absolute atomic E-state index is 10.5. The van der Waals surface area contributed by atoms with Crippen LogP contribution in [0.3, 0.4) is 0 Å². The van der Waals surface area contributed by atoms with Gasteiger partial charge in [0.2, 0.25) is 0 Å². The molecule has 1 aliphatic heterocycles. The number of rotatable bonds is 4. The number of benzene rings is 1. The number of methoxy groups -OCH3 is 2. The Labute approximate surface area is 111 Å². The summed E-state index contributed by atoms with van der Waals surface area (Å²) in [5, 5.41) is 10.5. The van der Waals surface area contributed by atoms with Crippen LogP contribution in [0.5, 0.6) is 11.5 Å². The molecule has 1 aliphatic rings. The van der Waals surface area contributed by atoms with Gasteiger partial charge in [-0.2, -0.15) is 11.8 Å². The molecule has 0 saturated carbocycles. The normalized spacial score (nSPS) is 21.4. The van der Waals surface area contributed by atoms with Crippen molar-refractivity contribution in [1.82, 2.24) is 0 Å². The number of hydrogen-bond acceptors (Lipinski definition) is 5. The van der Waals surface area contributed by atoms with Crippen LogP contribution in [0, 0.1) is 0 Å².